The predicted octanol–water partition coefficient (Wildman–Crippen LogP) is 3.17. The van der Waals surface area contributed by atoms with Gasteiger partial charge in [-0.15, -0.1) is 5.10 Å². The maximum absolute atomic E-state index is 13.4. The average molecular weight is 452 g/mol. The van der Waals surface area contributed by atoms with Gasteiger partial charge in [-0.05, 0) is 41.1 Å². The average Bonchev–Trinajstić information content (AvgIpc) is 3.53. The van der Waals surface area contributed by atoms with Crippen molar-refractivity contribution in [1.29, 1.82) is 0 Å². The molecule has 0 radical (unpaired) electrons. The minimum absolute atomic E-state index is 0.0963. The fourth-order valence-electron chi connectivity index (χ4n) is 4.07. The number of amides is 3. The third kappa shape index (κ3) is 3.00. The van der Waals surface area contributed by atoms with Crippen LogP contribution in [-0.2, 0) is 6.54 Å². The van der Waals surface area contributed by atoms with Gasteiger partial charge in [-0.2, -0.15) is 5.01 Å². The smallest absolute Gasteiger partial charge is 0.361 e. The van der Waals surface area contributed by atoms with Gasteiger partial charge in [-0.25, -0.2) is 9.80 Å². The molecule has 0 aliphatic carbocycles. The molecule has 166 valence electrons. The van der Waals surface area contributed by atoms with Crippen molar-refractivity contribution in [1.82, 2.24) is 30.2 Å². The van der Waals surface area contributed by atoms with Gasteiger partial charge < -0.3 is 4.98 Å². The van der Waals surface area contributed by atoms with Crippen LogP contribution in [0.15, 0.2) is 79.0 Å². The molecular formula is C24H16N6O4. The van der Waals surface area contributed by atoms with Crippen molar-refractivity contribution in [2.24, 2.45) is 0 Å². The lowest BCUT2D eigenvalue weighted by Gasteiger charge is -2.28. The lowest BCUT2D eigenvalue weighted by atomic mass is 10.1. The van der Waals surface area contributed by atoms with E-state index in [1.54, 1.807) is 54.7 Å². The number of benzene rings is 3. The summed E-state index contributed by atoms with van der Waals surface area (Å²) in [6.07, 6.45) is 0.768. The Balaban J connectivity index is 1.40. The Labute approximate surface area is 191 Å². The van der Waals surface area contributed by atoms with Crippen molar-refractivity contribution in [2.45, 2.75) is 6.54 Å². The molecule has 10 nitrogen and oxygen atoms in total. The highest BCUT2D eigenvalue weighted by atomic mass is 16.7. The number of carbonyl (C=O) groups excluding carboxylic acids is 3. The number of para-hydroxylation sites is 2. The van der Waals surface area contributed by atoms with Crippen molar-refractivity contribution in [3.05, 3.63) is 95.7 Å². The summed E-state index contributed by atoms with van der Waals surface area (Å²) in [4.78, 5) is 49.3. The number of H-pyrrole nitrogens is 1. The first-order chi connectivity index (χ1) is 16.6. The van der Waals surface area contributed by atoms with E-state index in [0.717, 1.165) is 25.8 Å². The Morgan fingerprint density at radius 2 is 1.59 bits per heavy atom. The molecule has 34 heavy (non-hydrogen) atoms. The Morgan fingerprint density at radius 1 is 0.912 bits per heavy atom. The Morgan fingerprint density at radius 3 is 2.38 bits per heavy atom. The standard InChI is InChI=1S/C24H16N6O4/c31-22-17-8-1-2-9-18(17)23(32)29(22)28(14-15-13-25-19-10-4-3-7-16(15)19)24(33)34-30-21-12-6-5-11-20(21)26-27-30/h1-13,25H,14H2. The zero-order valence-electron chi connectivity index (χ0n) is 17.6. The molecule has 3 heterocycles. The molecule has 3 amide bonds. The fourth-order valence-corrected chi connectivity index (χ4v) is 4.07. The Bertz CT molecular complexity index is 1570. The van der Waals surface area contributed by atoms with E-state index in [9.17, 15) is 14.4 Å². The van der Waals surface area contributed by atoms with Crippen LogP contribution in [0.5, 0.6) is 0 Å². The van der Waals surface area contributed by atoms with Crippen LogP contribution in [-0.4, -0.2) is 48.1 Å². The van der Waals surface area contributed by atoms with Crippen LogP contribution in [0.25, 0.3) is 21.9 Å². The predicted molar refractivity (Wildman–Crippen MR) is 120 cm³/mol. The van der Waals surface area contributed by atoms with Gasteiger partial charge in [0.1, 0.15) is 11.0 Å². The lowest BCUT2D eigenvalue weighted by molar-refractivity contribution is -0.0104. The molecule has 0 saturated heterocycles. The first kappa shape index (κ1) is 19.7. The van der Waals surface area contributed by atoms with Gasteiger partial charge in [0.2, 0.25) is 0 Å². The third-order valence-electron chi connectivity index (χ3n) is 5.71. The topological polar surface area (TPSA) is 113 Å². The first-order valence-electron chi connectivity index (χ1n) is 10.4. The number of aromatic nitrogens is 4. The van der Waals surface area contributed by atoms with Gasteiger partial charge in [-0.3, -0.25) is 14.4 Å². The quantitative estimate of drug-likeness (QED) is 0.331. The normalized spacial score (nSPS) is 13.0. The van der Waals surface area contributed by atoms with E-state index in [1.807, 2.05) is 24.3 Å². The third-order valence-corrected chi connectivity index (χ3v) is 5.71. The minimum atomic E-state index is -0.963. The largest absolute Gasteiger partial charge is 0.455 e. The summed E-state index contributed by atoms with van der Waals surface area (Å²) in [5, 5.41) is 10.5. The molecule has 2 aromatic heterocycles. The SMILES string of the molecule is O=C(On1nnc2ccccc21)N(Cc1c[nH]c2ccccc12)N1C(=O)c2ccccc2C1=O. The van der Waals surface area contributed by atoms with E-state index in [1.165, 1.54) is 0 Å². The number of carbonyl (C=O) groups is 3. The van der Waals surface area contributed by atoms with E-state index < -0.39 is 17.9 Å². The second kappa shape index (κ2) is 7.55. The molecule has 0 atom stereocenters. The van der Waals surface area contributed by atoms with Crippen LogP contribution < -0.4 is 4.84 Å². The van der Waals surface area contributed by atoms with Crippen LogP contribution in [0, 0.1) is 0 Å². The van der Waals surface area contributed by atoms with Crippen molar-refractivity contribution >= 4 is 39.8 Å². The van der Waals surface area contributed by atoms with Crippen LogP contribution in [0.3, 0.4) is 0 Å². The molecule has 0 bridgehead atoms. The molecule has 0 unspecified atom stereocenters. The number of hydrogen-bond donors (Lipinski definition) is 1. The number of aromatic amines is 1. The molecule has 1 aliphatic heterocycles. The number of nitrogens with zero attached hydrogens (tertiary/aromatic N) is 5. The minimum Gasteiger partial charge on any atom is -0.361 e. The summed E-state index contributed by atoms with van der Waals surface area (Å²) >= 11 is 0. The lowest BCUT2D eigenvalue weighted by Crippen LogP contribution is -2.51. The molecule has 10 heteroatoms. The Kier molecular flexibility index (Phi) is 4.37. The molecule has 1 aliphatic rings. The van der Waals surface area contributed by atoms with Crippen LogP contribution in [0.1, 0.15) is 26.3 Å². The highest BCUT2D eigenvalue weighted by molar-refractivity contribution is 6.21. The number of fused-ring (bicyclic) bond motifs is 3. The number of rotatable bonds is 4. The van der Waals surface area contributed by atoms with Crippen molar-refractivity contribution < 1.29 is 19.2 Å². The molecule has 6 rings (SSSR count). The highest BCUT2D eigenvalue weighted by Gasteiger charge is 2.42. The van der Waals surface area contributed by atoms with Gasteiger partial charge >= 0.3 is 6.09 Å². The molecule has 0 saturated carbocycles. The van der Waals surface area contributed by atoms with E-state index in [-0.39, 0.29) is 17.7 Å². The number of imide groups is 1. The molecule has 3 aromatic carbocycles. The summed E-state index contributed by atoms with van der Waals surface area (Å²) in [6, 6.07) is 20.9. The van der Waals surface area contributed by atoms with Crippen LogP contribution in [0.2, 0.25) is 0 Å². The summed E-state index contributed by atoms with van der Waals surface area (Å²) in [5.41, 5.74) is 2.98. The number of hydrogen-bond acceptors (Lipinski definition) is 6. The highest BCUT2D eigenvalue weighted by Crippen LogP contribution is 2.27. The van der Waals surface area contributed by atoms with E-state index in [4.69, 9.17) is 4.84 Å². The van der Waals surface area contributed by atoms with Gasteiger partial charge in [0.15, 0.2) is 0 Å². The second-order valence-electron chi connectivity index (χ2n) is 7.69. The zero-order valence-corrected chi connectivity index (χ0v) is 17.6. The zero-order chi connectivity index (χ0) is 23.2. The van der Waals surface area contributed by atoms with E-state index >= 15 is 0 Å². The summed E-state index contributed by atoms with van der Waals surface area (Å²) in [6.45, 7) is -0.0963. The van der Waals surface area contributed by atoms with Crippen LogP contribution in [0.4, 0.5) is 4.79 Å². The van der Waals surface area contributed by atoms with E-state index in [2.05, 4.69) is 15.3 Å². The van der Waals surface area contributed by atoms with Crippen molar-refractivity contribution in [3.8, 4) is 0 Å². The molecule has 1 N–H and O–H groups in total. The second-order valence-corrected chi connectivity index (χ2v) is 7.69. The molecule has 0 fully saturated rings. The summed E-state index contributed by atoms with van der Waals surface area (Å²) in [5.74, 6) is -1.22. The number of hydrazine groups is 1. The summed E-state index contributed by atoms with van der Waals surface area (Å²) < 4.78 is 0. The summed E-state index contributed by atoms with van der Waals surface area (Å²) in [7, 11) is 0. The van der Waals surface area contributed by atoms with Gasteiger partial charge in [0, 0.05) is 17.1 Å². The fraction of sp³-hybridized carbons (Fsp3) is 0.0417. The Hall–Kier alpha value is -4.99. The maximum Gasteiger partial charge on any atom is 0.455 e. The number of nitrogens with one attached hydrogen (secondary N) is 1. The van der Waals surface area contributed by atoms with Gasteiger partial charge in [0.05, 0.1) is 17.7 Å². The molecule has 5 aromatic rings. The monoisotopic (exact) mass is 452 g/mol. The van der Waals surface area contributed by atoms with Gasteiger partial charge in [0.25, 0.3) is 11.8 Å². The molecule has 0 spiro atoms. The first-order valence-corrected chi connectivity index (χ1v) is 10.4. The van der Waals surface area contributed by atoms with E-state index in [0.29, 0.717) is 16.6 Å². The molecular weight excluding hydrogens is 436 g/mol. The van der Waals surface area contributed by atoms with Crippen molar-refractivity contribution in [3.63, 3.8) is 0 Å². The van der Waals surface area contributed by atoms with Crippen LogP contribution >= 0.6 is 0 Å². The van der Waals surface area contributed by atoms with Crippen molar-refractivity contribution in [2.75, 3.05) is 0 Å². The van der Waals surface area contributed by atoms with Gasteiger partial charge in [-0.1, -0.05) is 47.3 Å². The maximum atomic E-state index is 13.4.